The number of hydrogen-bond donors (Lipinski definition) is 4. The summed E-state index contributed by atoms with van der Waals surface area (Å²) in [5.74, 6) is -1.10. The molecule has 4 N–H and O–H groups in total. The Morgan fingerprint density at radius 1 is 0.694 bits per heavy atom. The molecule has 36 heavy (non-hydrogen) atoms. The Bertz CT molecular complexity index is 1060. The summed E-state index contributed by atoms with van der Waals surface area (Å²) in [6.07, 6.45) is 6.77. The van der Waals surface area contributed by atoms with Crippen molar-refractivity contribution in [3.05, 3.63) is 29.8 Å². The van der Waals surface area contributed by atoms with Crippen molar-refractivity contribution in [1.29, 1.82) is 0 Å². The molecule has 3 fully saturated rings. The van der Waals surface area contributed by atoms with E-state index in [1.807, 2.05) is 6.92 Å². The van der Waals surface area contributed by atoms with Gasteiger partial charge in [-0.25, -0.2) is 8.42 Å². The first-order valence-corrected chi connectivity index (χ1v) is 14.3. The van der Waals surface area contributed by atoms with Crippen molar-refractivity contribution in [3.63, 3.8) is 0 Å². The van der Waals surface area contributed by atoms with Gasteiger partial charge in [0.2, 0.25) is 27.7 Å². The van der Waals surface area contributed by atoms with E-state index in [0.717, 1.165) is 54.8 Å². The Balaban J connectivity index is 1.62. The second-order valence-electron chi connectivity index (χ2n) is 10.2. The SMILES string of the molecule is Cc1ccc(S(=O)(=O)N2CC(=O)N[C@@H]3CCCC[C@H]3NCC(=O)N[C@@H]3CCCC[C@H]3NC(=O)C2)cc1. The fourth-order valence-corrected chi connectivity index (χ4v) is 6.77. The molecule has 1 aromatic rings. The number of carbonyl (C=O) groups excluding carboxylic acids is 3. The predicted octanol–water partition coefficient (Wildman–Crippen LogP) is 0.560. The average Bonchev–Trinajstić information content (AvgIpc) is 2.84. The van der Waals surface area contributed by atoms with Gasteiger partial charge in [0.25, 0.3) is 0 Å². The molecule has 0 radical (unpaired) electrons. The fraction of sp³-hybridized carbons (Fsp3) is 0.640. The number of nitrogens with zero attached hydrogens (tertiary/aromatic N) is 1. The van der Waals surface area contributed by atoms with Crippen molar-refractivity contribution in [3.8, 4) is 0 Å². The molecule has 2 saturated carbocycles. The van der Waals surface area contributed by atoms with Crippen LogP contribution in [0, 0.1) is 6.92 Å². The number of carbonyl (C=O) groups is 3. The Kier molecular flexibility index (Phi) is 8.63. The van der Waals surface area contributed by atoms with Gasteiger partial charge in [-0.15, -0.1) is 0 Å². The van der Waals surface area contributed by atoms with E-state index in [0.29, 0.717) is 6.42 Å². The van der Waals surface area contributed by atoms with Crippen LogP contribution in [0.25, 0.3) is 0 Å². The van der Waals surface area contributed by atoms with Crippen molar-refractivity contribution in [2.24, 2.45) is 0 Å². The van der Waals surface area contributed by atoms with Crippen molar-refractivity contribution < 1.29 is 22.8 Å². The van der Waals surface area contributed by atoms with Gasteiger partial charge in [-0.2, -0.15) is 4.31 Å². The molecule has 0 unspecified atom stereocenters. The molecule has 1 heterocycles. The predicted molar refractivity (Wildman–Crippen MR) is 134 cm³/mol. The van der Waals surface area contributed by atoms with Crippen molar-refractivity contribution in [2.45, 2.75) is 87.4 Å². The number of amides is 3. The molecule has 3 amide bonds. The number of aryl methyl sites for hydroxylation is 1. The van der Waals surface area contributed by atoms with Gasteiger partial charge >= 0.3 is 0 Å². The zero-order valence-corrected chi connectivity index (χ0v) is 21.6. The van der Waals surface area contributed by atoms with Crippen molar-refractivity contribution in [2.75, 3.05) is 19.6 Å². The molecule has 4 rings (SSSR count). The maximum absolute atomic E-state index is 13.5. The Morgan fingerprint density at radius 3 is 1.67 bits per heavy atom. The first kappa shape index (κ1) is 26.6. The van der Waals surface area contributed by atoms with Crippen LogP contribution in [0.5, 0.6) is 0 Å². The van der Waals surface area contributed by atoms with Gasteiger partial charge in [-0.3, -0.25) is 14.4 Å². The number of rotatable bonds is 2. The molecule has 0 spiro atoms. The number of fused-ring (bicyclic) bond motifs is 2. The lowest BCUT2D eigenvalue weighted by Gasteiger charge is -2.34. The van der Waals surface area contributed by atoms with Crippen LogP contribution in [0.4, 0.5) is 0 Å². The van der Waals surface area contributed by atoms with Crippen LogP contribution in [0.1, 0.15) is 56.9 Å². The maximum Gasteiger partial charge on any atom is 0.244 e. The Labute approximate surface area is 213 Å². The van der Waals surface area contributed by atoms with Crippen LogP contribution in [-0.4, -0.2) is 74.2 Å². The highest BCUT2D eigenvalue weighted by Gasteiger charge is 2.34. The summed E-state index contributed by atoms with van der Waals surface area (Å²) in [6.45, 7) is 1.04. The quantitative estimate of drug-likeness (QED) is 0.451. The molecule has 0 aromatic heterocycles. The minimum absolute atomic E-state index is 0.0339. The molecule has 1 saturated heterocycles. The van der Waals surface area contributed by atoms with Gasteiger partial charge in [-0.1, -0.05) is 43.4 Å². The summed E-state index contributed by atoms with van der Waals surface area (Å²) in [7, 11) is -4.10. The lowest BCUT2D eigenvalue weighted by atomic mass is 9.89. The third-order valence-corrected chi connectivity index (χ3v) is 9.20. The van der Waals surface area contributed by atoms with E-state index >= 15 is 0 Å². The van der Waals surface area contributed by atoms with Gasteiger partial charge in [-0.05, 0) is 44.7 Å². The number of hydrogen-bond acceptors (Lipinski definition) is 6. The zero-order chi connectivity index (χ0) is 25.7. The molecule has 2 aliphatic carbocycles. The molecule has 1 aromatic carbocycles. The molecule has 0 bridgehead atoms. The summed E-state index contributed by atoms with van der Waals surface area (Å²) in [5, 5.41) is 12.2. The lowest BCUT2D eigenvalue weighted by molar-refractivity contribution is -0.125. The van der Waals surface area contributed by atoms with Crippen LogP contribution in [0.15, 0.2) is 29.2 Å². The van der Waals surface area contributed by atoms with Crippen LogP contribution in [0.3, 0.4) is 0 Å². The van der Waals surface area contributed by atoms with E-state index < -0.39 is 34.9 Å². The standard InChI is InChI=1S/C25H37N5O5S/c1-17-10-12-18(13-11-17)36(34,35)30-15-24(32)28-20-7-3-2-6-19(20)26-14-23(31)27-21-8-4-5-9-22(21)29-25(33)16-30/h10-13,19-22,26H,2-9,14-16H2,1H3,(H,27,31)(H,28,32)(H,29,33)/t19-,20-,21-,22-/m1/s1. The second kappa shape index (κ2) is 11.7. The number of nitrogens with one attached hydrogen (secondary N) is 4. The van der Waals surface area contributed by atoms with Crippen LogP contribution in [-0.2, 0) is 24.4 Å². The van der Waals surface area contributed by atoms with E-state index in [1.165, 1.54) is 12.1 Å². The molecule has 10 nitrogen and oxygen atoms in total. The topological polar surface area (TPSA) is 137 Å². The summed E-state index contributed by atoms with van der Waals surface area (Å²) in [6, 6.07) is 5.55. The number of benzene rings is 1. The molecular formula is C25H37N5O5S. The lowest BCUT2D eigenvalue weighted by Crippen LogP contribution is -2.56. The van der Waals surface area contributed by atoms with E-state index in [9.17, 15) is 22.8 Å². The Morgan fingerprint density at radius 2 is 1.14 bits per heavy atom. The van der Waals surface area contributed by atoms with E-state index in [1.54, 1.807) is 12.1 Å². The second-order valence-corrected chi connectivity index (χ2v) is 12.1. The number of sulfonamides is 1. The monoisotopic (exact) mass is 519 g/mol. The highest BCUT2D eigenvalue weighted by Crippen LogP contribution is 2.21. The van der Waals surface area contributed by atoms with Crippen molar-refractivity contribution in [1.82, 2.24) is 25.6 Å². The van der Waals surface area contributed by atoms with Crippen LogP contribution in [0.2, 0.25) is 0 Å². The molecule has 3 aliphatic rings. The molecule has 198 valence electrons. The molecular weight excluding hydrogens is 482 g/mol. The van der Waals surface area contributed by atoms with Gasteiger partial charge in [0.05, 0.1) is 24.5 Å². The van der Waals surface area contributed by atoms with Gasteiger partial charge < -0.3 is 21.3 Å². The van der Waals surface area contributed by atoms with Crippen molar-refractivity contribution >= 4 is 27.7 Å². The normalized spacial score (nSPS) is 29.4. The maximum atomic E-state index is 13.5. The van der Waals surface area contributed by atoms with Crippen LogP contribution >= 0.6 is 0 Å². The minimum Gasteiger partial charge on any atom is -0.351 e. The fourth-order valence-electron chi connectivity index (χ4n) is 5.42. The summed E-state index contributed by atoms with van der Waals surface area (Å²) >= 11 is 0. The smallest absolute Gasteiger partial charge is 0.244 e. The van der Waals surface area contributed by atoms with Gasteiger partial charge in [0.1, 0.15) is 0 Å². The highest BCUT2D eigenvalue weighted by molar-refractivity contribution is 7.89. The first-order chi connectivity index (χ1) is 17.2. The zero-order valence-electron chi connectivity index (χ0n) is 20.8. The van der Waals surface area contributed by atoms with Crippen LogP contribution < -0.4 is 21.3 Å². The minimum atomic E-state index is -4.10. The molecule has 11 heteroatoms. The van der Waals surface area contributed by atoms with E-state index in [-0.39, 0.29) is 41.5 Å². The summed E-state index contributed by atoms with van der Waals surface area (Å²) in [5.41, 5.74) is 0.905. The van der Waals surface area contributed by atoms with Gasteiger partial charge in [0.15, 0.2) is 0 Å². The summed E-state index contributed by atoms with van der Waals surface area (Å²) in [4.78, 5) is 38.9. The average molecular weight is 520 g/mol. The summed E-state index contributed by atoms with van der Waals surface area (Å²) < 4.78 is 27.9. The van der Waals surface area contributed by atoms with E-state index in [2.05, 4.69) is 21.3 Å². The highest BCUT2D eigenvalue weighted by atomic mass is 32.2. The third kappa shape index (κ3) is 6.63. The molecule has 1 aliphatic heterocycles. The van der Waals surface area contributed by atoms with Gasteiger partial charge in [0, 0.05) is 24.2 Å². The Hall–Kier alpha value is -2.50. The third-order valence-electron chi connectivity index (χ3n) is 7.39. The molecule has 4 atom stereocenters. The van der Waals surface area contributed by atoms with E-state index in [4.69, 9.17) is 0 Å². The largest absolute Gasteiger partial charge is 0.351 e. The first-order valence-electron chi connectivity index (χ1n) is 12.9.